The van der Waals surface area contributed by atoms with E-state index < -0.39 is 0 Å². The number of hydrogen-bond acceptors (Lipinski definition) is 0. The predicted molar refractivity (Wildman–Crippen MR) is 65.1 cm³/mol. The number of aryl methyl sites for hydroxylation is 1. The Kier molecular flexibility index (Phi) is 3.08. The summed E-state index contributed by atoms with van der Waals surface area (Å²) in [6.45, 7) is 2.14. The summed E-state index contributed by atoms with van der Waals surface area (Å²) in [5, 5.41) is 0.768. The Hall–Kier alpha value is -1.27. The zero-order chi connectivity index (χ0) is 10.7. The van der Waals surface area contributed by atoms with Gasteiger partial charge in [0.15, 0.2) is 0 Å². The summed E-state index contributed by atoms with van der Waals surface area (Å²) in [5.74, 6) is 0. The summed E-state index contributed by atoms with van der Waals surface area (Å²) in [6.07, 6.45) is 1.05. The molecule has 0 aliphatic heterocycles. The van der Waals surface area contributed by atoms with Gasteiger partial charge in [-0.1, -0.05) is 48.9 Å². The number of hydrogen-bond donors (Lipinski definition) is 0. The van der Waals surface area contributed by atoms with Crippen LogP contribution in [0, 0.1) is 6.07 Å². The van der Waals surface area contributed by atoms with Gasteiger partial charge in [-0.15, -0.1) is 0 Å². The van der Waals surface area contributed by atoms with Gasteiger partial charge < -0.3 is 0 Å². The van der Waals surface area contributed by atoms with Gasteiger partial charge in [-0.25, -0.2) is 0 Å². The van der Waals surface area contributed by atoms with Crippen LogP contribution in [0.2, 0.25) is 5.02 Å². The molecule has 0 saturated carbocycles. The molecule has 2 aromatic rings. The molecule has 0 amide bonds. The van der Waals surface area contributed by atoms with Crippen LogP contribution in [-0.4, -0.2) is 0 Å². The fraction of sp³-hybridized carbons (Fsp3) is 0.143. The van der Waals surface area contributed by atoms with E-state index in [9.17, 15) is 0 Å². The molecule has 0 fully saturated rings. The van der Waals surface area contributed by atoms with Gasteiger partial charge in [-0.05, 0) is 41.3 Å². The summed E-state index contributed by atoms with van der Waals surface area (Å²) < 4.78 is 0. The van der Waals surface area contributed by atoms with Gasteiger partial charge in [0.1, 0.15) is 0 Å². The van der Waals surface area contributed by atoms with Crippen LogP contribution in [0.3, 0.4) is 0 Å². The van der Waals surface area contributed by atoms with E-state index in [4.69, 9.17) is 11.6 Å². The molecular weight excluding hydrogens is 204 g/mol. The van der Waals surface area contributed by atoms with Gasteiger partial charge in [0.05, 0.1) is 0 Å². The van der Waals surface area contributed by atoms with Gasteiger partial charge in [0.2, 0.25) is 0 Å². The lowest BCUT2D eigenvalue weighted by molar-refractivity contribution is 1.14. The van der Waals surface area contributed by atoms with Crippen molar-refractivity contribution in [3.8, 4) is 11.1 Å². The molecule has 15 heavy (non-hydrogen) atoms. The molecule has 0 bridgehead atoms. The van der Waals surface area contributed by atoms with Crippen LogP contribution in [0.25, 0.3) is 11.1 Å². The second-order valence-electron chi connectivity index (χ2n) is 3.47. The number of rotatable bonds is 2. The van der Waals surface area contributed by atoms with Crippen LogP contribution in [-0.2, 0) is 6.42 Å². The quantitative estimate of drug-likeness (QED) is 0.698. The second-order valence-corrected chi connectivity index (χ2v) is 3.91. The van der Waals surface area contributed by atoms with E-state index in [1.54, 1.807) is 0 Å². The molecule has 75 valence electrons. The Labute approximate surface area is 95.5 Å². The van der Waals surface area contributed by atoms with E-state index in [0.717, 1.165) is 22.6 Å². The van der Waals surface area contributed by atoms with E-state index in [-0.39, 0.29) is 0 Å². The second kappa shape index (κ2) is 4.50. The summed E-state index contributed by atoms with van der Waals surface area (Å²) in [6, 6.07) is 17.4. The van der Waals surface area contributed by atoms with Crippen molar-refractivity contribution in [2.24, 2.45) is 0 Å². The maximum absolute atomic E-state index is 5.84. The molecule has 1 heteroatoms. The molecule has 0 aliphatic carbocycles. The third-order valence-electron chi connectivity index (χ3n) is 2.44. The molecule has 0 spiro atoms. The third kappa shape index (κ3) is 2.40. The third-order valence-corrected chi connectivity index (χ3v) is 2.69. The van der Waals surface area contributed by atoms with E-state index in [2.05, 4.69) is 25.1 Å². The highest BCUT2D eigenvalue weighted by molar-refractivity contribution is 6.30. The van der Waals surface area contributed by atoms with Crippen LogP contribution in [0.4, 0.5) is 0 Å². The molecule has 1 radical (unpaired) electrons. The van der Waals surface area contributed by atoms with Crippen molar-refractivity contribution in [1.82, 2.24) is 0 Å². The lowest BCUT2D eigenvalue weighted by Crippen LogP contribution is -1.81. The summed E-state index contributed by atoms with van der Waals surface area (Å²) >= 11 is 5.84. The van der Waals surface area contributed by atoms with Gasteiger partial charge in [0, 0.05) is 5.02 Å². The fourth-order valence-corrected chi connectivity index (χ4v) is 1.61. The maximum Gasteiger partial charge on any atom is 0.0406 e. The molecule has 0 N–H and O–H groups in total. The molecule has 0 atom stereocenters. The molecule has 0 unspecified atom stereocenters. The summed E-state index contributed by atoms with van der Waals surface area (Å²) in [4.78, 5) is 0. The minimum atomic E-state index is 0.768. The van der Waals surface area contributed by atoms with Crippen LogP contribution in [0.5, 0.6) is 0 Å². The van der Waals surface area contributed by atoms with Crippen molar-refractivity contribution in [3.05, 3.63) is 59.1 Å². The van der Waals surface area contributed by atoms with Gasteiger partial charge in [0.25, 0.3) is 0 Å². The Morgan fingerprint density at radius 3 is 2.33 bits per heavy atom. The first kappa shape index (κ1) is 10.3. The minimum Gasteiger partial charge on any atom is -0.0843 e. The first-order chi connectivity index (χ1) is 7.29. The first-order valence-corrected chi connectivity index (χ1v) is 5.44. The van der Waals surface area contributed by atoms with Gasteiger partial charge in [-0.2, -0.15) is 0 Å². The number of halogens is 1. The summed E-state index contributed by atoms with van der Waals surface area (Å²) in [7, 11) is 0. The Morgan fingerprint density at radius 1 is 1.07 bits per heavy atom. The van der Waals surface area contributed by atoms with Crippen LogP contribution < -0.4 is 0 Å². The lowest BCUT2D eigenvalue weighted by atomic mass is 10.0. The topological polar surface area (TPSA) is 0 Å². The fourth-order valence-electron chi connectivity index (χ4n) is 1.49. The lowest BCUT2D eigenvalue weighted by Gasteiger charge is -2.02. The monoisotopic (exact) mass is 215 g/mol. The highest BCUT2D eigenvalue weighted by atomic mass is 35.5. The molecular formula is C14H12Cl. The average molecular weight is 216 g/mol. The van der Waals surface area contributed by atoms with Crippen LogP contribution >= 0.6 is 11.6 Å². The van der Waals surface area contributed by atoms with Crippen molar-refractivity contribution in [3.63, 3.8) is 0 Å². The highest BCUT2D eigenvalue weighted by Gasteiger charge is 1.97. The zero-order valence-corrected chi connectivity index (χ0v) is 9.38. The SMILES string of the molecule is CCc1c[c]c(-c2ccc(Cl)cc2)cc1. The zero-order valence-electron chi connectivity index (χ0n) is 8.63. The van der Waals surface area contributed by atoms with E-state index >= 15 is 0 Å². The standard InChI is InChI=1S/C14H12Cl/c1-2-11-3-5-12(6-4-11)13-7-9-14(15)10-8-13/h3-5,7-10H,2H2,1H3. The molecule has 0 aromatic heterocycles. The smallest absolute Gasteiger partial charge is 0.0406 e. The van der Waals surface area contributed by atoms with E-state index in [1.807, 2.05) is 30.3 Å². The predicted octanol–water partition coefficient (Wildman–Crippen LogP) is 4.37. The molecule has 0 saturated heterocycles. The summed E-state index contributed by atoms with van der Waals surface area (Å²) in [5.41, 5.74) is 3.58. The molecule has 2 rings (SSSR count). The van der Waals surface area contributed by atoms with E-state index in [0.29, 0.717) is 0 Å². The Bertz CT molecular complexity index is 426. The largest absolute Gasteiger partial charge is 0.0843 e. The Morgan fingerprint density at radius 2 is 1.80 bits per heavy atom. The first-order valence-electron chi connectivity index (χ1n) is 5.06. The van der Waals surface area contributed by atoms with Gasteiger partial charge in [-0.3, -0.25) is 0 Å². The van der Waals surface area contributed by atoms with E-state index in [1.165, 1.54) is 5.56 Å². The van der Waals surface area contributed by atoms with Crippen LogP contribution in [0.1, 0.15) is 12.5 Å². The maximum atomic E-state index is 5.84. The molecule has 0 heterocycles. The highest BCUT2D eigenvalue weighted by Crippen LogP contribution is 2.21. The van der Waals surface area contributed by atoms with Crippen molar-refractivity contribution in [2.75, 3.05) is 0 Å². The van der Waals surface area contributed by atoms with Crippen LogP contribution in [0.15, 0.2) is 42.5 Å². The minimum absolute atomic E-state index is 0.768. The Balaban J connectivity index is 2.33. The van der Waals surface area contributed by atoms with Crippen molar-refractivity contribution in [1.29, 1.82) is 0 Å². The van der Waals surface area contributed by atoms with Crippen molar-refractivity contribution < 1.29 is 0 Å². The van der Waals surface area contributed by atoms with Crippen molar-refractivity contribution >= 4 is 11.6 Å². The van der Waals surface area contributed by atoms with Gasteiger partial charge >= 0.3 is 0 Å². The van der Waals surface area contributed by atoms with Crippen molar-refractivity contribution in [2.45, 2.75) is 13.3 Å². The average Bonchev–Trinajstić information content (AvgIpc) is 2.30. The molecule has 0 nitrogen and oxygen atoms in total. The normalized spacial score (nSPS) is 10.3. The molecule has 0 aliphatic rings. The molecule has 2 aromatic carbocycles. The number of benzene rings is 2.